The molecule has 1 heterocycles. The molecule has 2 rings (SSSR count). The van der Waals surface area contributed by atoms with Gasteiger partial charge in [-0.1, -0.05) is 0 Å². The highest BCUT2D eigenvalue weighted by Crippen LogP contribution is 2.26. The fourth-order valence-electron chi connectivity index (χ4n) is 2.71. The van der Waals surface area contributed by atoms with Crippen LogP contribution in [-0.4, -0.2) is 51.1 Å². The maximum absolute atomic E-state index is 12.3. The second-order valence-electron chi connectivity index (χ2n) is 5.98. The van der Waals surface area contributed by atoms with Gasteiger partial charge in [-0.25, -0.2) is 4.79 Å². The summed E-state index contributed by atoms with van der Waals surface area (Å²) < 4.78 is 1.88. The Hall–Kier alpha value is -1.56. The van der Waals surface area contributed by atoms with E-state index >= 15 is 0 Å². The highest BCUT2D eigenvalue weighted by Gasteiger charge is 2.32. The largest absolute Gasteiger partial charge is 0.395 e. The third-order valence-electron chi connectivity index (χ3n) is 4.13. The predicted molar refractivity (Wildman–Crippen MR) is 81.2 cm³/mol. The van der Waals surface area contributed by atoms with Gasteiger partial charge in [0.2, 0.25) is 0 Å². The van der Waals surface area contributed by atoms with Gasteiger partial charge in [0.1, 0.15) is 0 Å². The first-order chi connectivity index (χ1) is 9.93. The van der Waals surface area contributed by atoms with Crippen molar-refractivity contribution >= 4 is 6.03 Å². The van der Waals surface area contributed by atoms with Crippen molar-refractivity contribution in [2.24, 2.45) is 7.05 Å². The second kappa shape index (κ2) is 6.47. The standard InChI is InChI=1S/C15H26N4O2/c1-10(9-14-11(2)17-18(4)12(14)3)16-15(21)19(7-8-20)13-5-6-13/h10,13,20H,5-9H2,1-4H3,(H,16,21). The summed E-state index contributed by atoms with van der Waals surface area (Å²) in [5.74, 6) is 0. The maximum atomic E-state index is 12.3. The smallest absolute Gasteiger partial charge is 0.317 e. The number of amides is 2. The average Bonchev–Trinajstić information content (AvgIpc) is 3.21. The van der Waals surface area contributed by atoms with Crippen molar-refractivity contribution in [3.05, 3.63) is 17.0 Å². The minimum Gasteiger partial charge on any atom is -0.395 e. The number of nitrogens with one attached hydrogen (secondary N) is 1. The molecule has 118 valence electrons. The van der Waals surface area contributed by atoms with Gasteiger partial charge in [0.15, 0.2) is 0 Å². The van der Waals surface area contributed by atoms with Crippen molar-refractivity contribution in [2.75, 3.05) is 13.2 Å². The monoisotopic (exact) mass is 294 g/mol. The number of hydrogen-bond acceptors (Lipinski definition) is 3. The van der Waals surface area contributed by atoms with Crippen LogP contribution in [-0.2, 0) is 13.5 Å². The number of aliphatic hydroxyl groups is 1. The highest BCUT2D eigenvalue weighted by molar-refractivity contribution is 5.75. The third kappa shape index (κ3) is 3.75. The van der Waals surface area contributed by atoms with Crippen LogP contribution < -0.4 is 5.32 Å². The van der Waals surface area contributed by atoms with Crippen molar-refractivity contribution in [3.8, 4) is 0 Å². The van der Waals surface area contributed by atoms with Crippen LogP contribution in [0, 0.1) is 13.8 Å². The fraction of sp³-hybridized carbons (Fsp3) is 0.733. The van der Waals surface area contributed by atoms with Gasteiger partial charge < -0.3 is 15.3 Å². The number of hydrogen-bond donors (Lipinski definition) is 2. The van der Waals surface area contributed by atoms with Gasteiger partial charge in [-0.15, -0.1) is 0 Å². The number of aryl methyl sites for hydroxylation is 2. The van der Waals surface area contributed by atoms with E-state index in [1.807, 2.05) is 32.5 Å². The Morgan fingerprint density at radius 1 is 1.52 bits per heavy atom. The van der Waals surface area contributed by atoms with Crippen molar-refractivity contribution < 1.29 is 9.90 Å². The molecule has 1 atom stereocenters. The Morgan fingerprint density at radius 2 is 2.19 bits per heavy atom. The Kier molecular flexibility index (Phi) is 4.88. The van der Waals surface area contributed by atoms with Crippen LogP contribution in [0.3, 0.4) is 0 Å². The van der Waals surface area contributed by atoms with E-state index in [4.69, 9.17) is 5.11 Å². The summed E-state index contributed by atoms with van der Waals surface area (Å²) in [6, 6.07) is 0.281. The molecule has 1 aromatic heterocycles. The molecular formula is C15H26N4O2. The first kappa shape index (κ1) is 15.8. The summed E-state index contributed by atoms with van der Waals surface area (Å²) in [6.07, 6.45) is 2.86. The lowest BCUT2D eigenvalue weighted by atomic mass is 10.1. The zero-order valence-electron chi connectivity index (χ0n) is 13.4. The van der Waals surface area contributed by atoms with Gasteiger partial charge in [0.05, 0.1) is 12.3 Å². The second-order valence-corrected chi connectivity index (χ2v) is 5.98. The number of aliphatic hydroxyl groups excluding tert-OH is 1. The van der Waals surface area contributed by atoms with E-state index in [-0.39, 0.29) is 18.7 Å². The van der Waals surface area contributed by atoms with E-state index in [1.54, 1.807) is 4.90 Å². The van der Waals surface area contributed by atoms with E-state index in [2.05, 4.69) is 10.4 Å². The first-order valence-corrected chi connectivity index (χ1v) is 7.61. The van der Waals surface area contributed by atoms with Gasteiger partial charge in [-0.05, 0) is 45.6 Å². The molecule has 1 aliphatic rings. The van der Waals surface area contributed by atoms with E-state index in [0.717, 1.165) is 30.7 Å². The molecule has 0 bridgehead atoms. The molecule has 1 fully saturated rings. The lowest BCUT2D eigenvalue weighted by Crippen LogP contribution is -2.46. The summed E-state index contributed by atoms with van der Waals surface area (Å²) in [5.41, 5.74) is 3.36. The van der Waals surface area contributed by atoms with Crippen LogP contribution in [0.1, 0.15) is 36.7 Å². The topological polar surface area (TPSA) is 70.4 Å². The van der Waals surface area contributed by atoms with E-state index < -0.39 is 0 Å². The van der Waals surface area contributed by atoms with Gasteiger partial charge in [0.25, 0.3) is 0 Å². The molecule has 21 heavy (non-hydrogen) atoms. The molecule has 0 aromatic carbocycles. The Bertz CT molecular complexity index is 508. The lowest BCUT2D eigenvalue weighted by molar-refractivity contribution is 0.171. The molecule has 6 heteroatoms. The van der Waals surface area contributed by atoms with Crippen molar-refractivity contribution in [1.82, 2.24) is 20.0 Å². The molecule has 0 spiro atoms. The lowest BCUT2D eigenvalue weighted by Gasteiger charge is -2.24. The van der Waals surface area contributed by atoms with Crippen molar-refractivity contribution in [2.45, 2.75) is 52.1 Å². The van der Waals surface area contributed by atoms with E-state index in [0.29, 0.717) is 12.6 Å². The molecule has 0 aliphatic heterocycles. The van der Waals surface area contributed by atoms with Gasteiger partial charge in [0, 0.05) is 31.4 Å². The molecule has 0 saturated heterocycles. The molecule has 1 unspecified atom stereocenters. The number of nitrogens with zero attached hydrogens (tertiary/aromatic N) is 3. The van der Waals surface area contributed by atoms with Crippen LogP contribution in [0.2, 0.25) is 0 Å². The number of carbonyl (C=O) groups is 1. The van der Waals surface area contributed by atoms with Gasteiger partial charge in [-0.2, -0.15) is 5.10 Å². The first-order valence-electron chi connectivity index (χ1n) is 7.61. The Morgan fingerprint density at radius 3 is 2.67 bits per heavy atom. The van der Waals surface area contributed by atoms with Crippen LogP contribution in [0.4, 0.5) is 4.79 Å². The molecule has 1 aromatic rings. The zero-order chi connectivity index (χ0) is 15.6. The van der Waals surface area contributed by atoms with Crippen LogP contribution >= 0.6 is 0 Å². The highest BCUT2D eigenvalue weighted by atomic mass is 16.3. The summed E-state index contributed by atoms with van der Waals surface area (Å²) in [7, 11) is 1.94. The summed E-state index contributed by atoms with van der Waals surface area (Å²) in [5, 5.41) is 16.5. The van der Waals surface area contributed by atoms with Gasteiger partial charge in [-0.3, -0.25) is 4.68 Å². The molecule has 6 nitrogen and oxygen atoms in total. The molecule has 2 amide bonds. The fourth-order valence-corrected chi connectivity index (χ4v) is 2.71. The van der Waals surface area contributed by atoms with Crippen LogP contribution in [0.25, 0.3) is 0 Å². The third-order valence-corrected chi connectivity index (χ3v) is 4.13. The SMILES string of the molecule is Cc1nn(C)c(C)c1CC(C)NC(=O)N(CCO)C1CC1. The maximum Gasteiger partial charge on any atom is 0.317 e. The average molecular weight is 294 g/mol. The molecule has 2 N–H and O–H groups in total. The van der Waals surface area contributed by atoms with Gasteiger partial charge >= 0.3 is 6.03 Å². The molecule has 0 radical (unpaired) electrons. The quantitative estimate of drug-likeness (QED) is 0.826. The van der Waals surface area contributed by atoms with E-state index in [9.17, 15) is 4.79 Å². The van der Waals surface area contributed by atoms with Crippen LogP contribution in [0.15, 0.2) is 0 Å². The Balaban J connectivity index is 1.94. The number of carbonyl (C=O) groups excluding carboxylic acids is 1. The predicted octanol–water partition coefficient (Wildman–Crippen LogP) is 1.13. The summed E-state index contributed by atoms with van der Waals surface area (Å²) in [4.78, 5) is 14.0. The van der Waals surface area contributed by atoms with Crippen LogP contribution in [0.5, 0.6) is 0 Å². The van der Waals surface area contributed by atoms with E-state index in [1.165, 1.54) is 5.56 Å². The molecule has 1 aliphatic carbocycles. The Labute approximate surface area is 126 Å². The number of aromatic nitrogens is 2. The minimum atomic E-state index is -0.0711. The molecule has 1 saturated carbocycles. The zero-order valence-corrected chi connectivity index (χ0v) is 13.4. The summed E-state index contributed by atoms with van der Waals surface area (Å²) >= 11 is 0. The van der Waals surface area contributed by atoms with Crippen molar-refractivity contribution in [1.29, 1.82) is 0 Å². The minimum absolute atomic E-state index is 0.0130. The normalized spacial score (nSPS) is 15.9. The number of urea groups is 1. The van der Waals surface area contributed by atoms with Crippen molar-refractivity contribution in [3.63, 3.8) is 0 Å². The molecular weight excluding hydrogens is 268 g/mol. The number of rotatable bonds is 6. The summed E-state index contributed by atoms with van der Waals surface area (Å²) in [6.45, 7) is 6.48.